The highest BCUT2D eigenvalue weighted by Gasteiger charge is 2.10. The van der Waals surface area contributed by atoms with Gasteiger partial charge in [-0.15, -0.1) is 0 Å². The van der Waals surface area contributed by atoms with Crippen LogP contribution in [0.25, 0.3) is 0 Å². The molecule has 0 aromatic carbocycles. The minimum Gasteiger partial charge on any atom is -0.387 e. The van der Waals surface area contributed by atoms with Crippen molar-refractivity contribution in [3.05, 3.63) is 24.0 Å². The van der Waals surface area contributed by atoms with Gasteiger partial charge in [0, 0.05) is 13.1 Å². The lowest BCUT2D eigenvalue weighted by atomic mass is 10.1. The highest BCUT2D eigenvalue weighted by molar-refractivity contribution is 5.44. The summed E-state index contributed by atoms with van der Waals surface area (Å²) in [5.74, 6) is 0.686. The first-order valence-corrected chi connectivity index (χ1v) is 7.01. The fraction of sp³-hybridized carbons (Fsp3) is 0.667. The minimum atomic E-state index is -0.441. The van der Waals surface area contributed by atoms with Crippen LogP contribution in [0.1, 0.15) is 52.3 Å². The van der Waals surface area contributed by atoms with Gasteiger partial charge < -0.3 is 10.0 Å². The van der Waals surface area contributed by atoms with E-state index in [1.807, 2.05) is 19.2 Å². The Morgan fingerprint density at radius 2 is 1.94 bits per heavy atom. The Morgan fingerprint density at radius 1 is 1.22 bits per heavy atom. The van der Waals surface area contributed by atoms with Crippen molar-refractivity contribution in [2.24, 2.45) is 5.92 Å². The van der Waals surface area contributed by atoms with Crippen LogP contribution in [-0.2, 0) is 0 Å². The first kappa shape index (κ1) is 15.0. The Hall–Kier alpha value is -1.09. The van der Waals surface area contributed by atoms with Crippen molar-refractivity contribution in [3.63, 3.8) is 0 Å². The van der Waals surface area contributed by atoms with Crippen molar-refractivity contribution in [1.82, 2.24) is 4.98 Å². The molecular weight excluding hydrogens is 224 g/mol. The summed E-state index contributed by atoms with van der Waals surface area (Å²) in [5, 5.41) is 9.72. The molecule has 0 amide bonds. The molecule has 18 heavy (non-hydrogen) atoms. The van der Waals surface area contributed by atoms with Gasteiger partial charge in [-0.05, 0) is 31.4 Å². The van der Waals surface area contributed by atoms with E-state index in [2.05, 4.69) is 36.7 Å². The number of rotatable bonds is 7. The number of anilines is 1. The summed E-state index contributed by atoms with van der Waals surface area (Å²) in [5.41, 5.74) is 1.91. The Morgan fingerprint density at radius 3 is 2.39 bits per heavy atom. The summed E-state index contributed by atoms with van der Waals surface area (Å²) in [4.78, 5) is 6.70. The number of nitrogens with zero attached hydrogens (tertiary/aromatic N) is 2. The summed E-state index contributed by atoms with van der Waals surface area (Å²) < 4.78 is 0. The molecule has 0 saturated heterocycles. The molecule has 0 bridgehead atoms. The zero-order chi connectivity index (χ0) is 13.5. The van der Waals surface area contributed by atoms with Crippen LogP contribution in [0.3, 0.4) is 0 Å². The largest absolute Gasteiger partial charge is 0.387 e. The summed E-state index contributed by atoms with van der Waals surface area (Å²) in [6.45, 7) is 10.7. The fourth-order valence-corrected chi connectivity index (χ4v) is 1.91. The molecule has 0 aliphatic rings. The van der Waals surface area contributed by atoms with E-state index in [0.29, 0.717) is 12.3 Å². The second kappa shape index (κ2) is 7.37. The number of aromatic nitrogens is 1. The standard InChI is InChI=1S/C15H26N2O/c1-5-12(4)11-17(7-3)13-8-9-14(16-10-13)15(18)6-2/h8-10,12,15,18H,5-7,11H2,1-4H3. The molecule has 0 saturated carbocycles. The van der Waals surface area contributed by atoms with Crippen LogP contribution < -0.4 is 4.90 Å². The lowest BCUT2D eigenvalue weighted by molar-refractivity contribution is 0.169. The maximum absolute atomic E-state index is 9.72. The SMILES string of the molecule is CCC(C)CN(CC)c1ccc(C(O)CC)nc1. The number of aliphatic hydroxyl groups is 1. The second-order valence-electron chi connectivity index (χ2n) is 4.92. The van der Waals surface area contributed by atoms with Crippen LogP contribution in [0.2, 0.25) is 0 Å². The Bertz CT molecular complexity index is 337. The Labute approximate surface area is 111 Å². The van der Waals surface area contributed by atoms with Crippen LogP contribution in [0, 0.1) is 5.92 Å². The van der Waals surface area contributed by atoms with E-state index in [-0.39, 0.29) is 0 Å². The average molecular weight is 250 g/mol. The molecular formula is C15H26N2O. The number of pyridine rings is 1. The first-order chi connectivity index (χ1) is 8.62. The molecule has 0 spiro atoms. The molecule has 3 heteroatoms. The van der Waals surface area contributed by atoms with Crippen LogP contribution in [0.5, 0.6) is 0 Å². The van der Waals surface area contributed by atoms with E-state index in [0.717, 1.165) is 24.5 Å². The van der Waals surface area contributed by atoms with Gasteiger partial charge >= 0.3 is 0 Å². The van der Waals surface area contributed by atoms with E-state index >= 15 is 0 Å². The highest BCUT2D eigenvalue weighted by atomic mass is 16.3. The van der Waals surface area contributed by atoms with Crippen molar-refractivity contribution in [2.45, 2.75) is 46.6 Å². The van der Waals surface area contributed by atoms with E-state index in [4.69, 9.17) is 0 Å². The zero-order valence-corrected chi connectivity index (χ0v) is 12.1. The predicted octanol–water partition coefficient (Wildman–Crippen LogP) is 3.40. The van der Waals surface area contributed by atoms with Crippen LogP contribution >= 0.6 is 0 Å². The smallest absolute Gasteiger partial charge is 0.0957 e. The topological polar surface area (TPSA) is 36.4 Å². The molecule has 3 nitrogen and oxygen atoms in total. The molecule has 1 heterocycles. The van der Waals surface area contributed by atoms with Crippen molar-refractivity contribution >= 4 is 5.69 Å². The molecule has 2 atom stereocenters. The molecule has 0 fully saturated rings. The summed E-state index contributed by atoms with van der Waals surface area (Å²) in [6, 6.07) is 4.00. The quantitative estimate of drug-likeness (QED) is 0.805. The van der Waals surface area contributed by atoms with E-state index < -0.39 is 6.10 Å². The molecule has 1 aromatic heterocycles. The van der Waals surface area contributed by atoms with Gasteiger partial charge in [-0.3, -0.25) is 4.98 Å². The summed E-state index contributed by atoms with van der Waals surface area (Å²) in [6.07, 6.45) is 3.33. The van der Waals surface area contributed by atoms with Crippen molar-refractivity contribution < 1.29 is 5.11 Å². The second-order valence-corrected chi connectivity index (χ2v) is 4.92. The lowest BCUT2D eigenvalue weighted by Crippen LogP contribution is -2.28. The van der Waals surface area contributed by atoms with E-state index in [1.165, 1.54) is 6.42 Å². The normalized spacial score (nSPS) is 14.3. The van der Waals surface area contributed by atoms with Crippen LogP contribution in [0.15, 0.2) is 18.3 Å². The third kappa shape index (κ3) is 3.98. The van der Waals surface area contributed by atoms with Crippen molar-refractivity contribution in [3.8, 4) is 0 Å². The Kier molecular flexibility index (Phi) is 6.13. The summed E-state index contributed by atoms with van der Waals surface area (Å²) in [7, 11) is 0. The number of hydrogen-bond donors (Lipinski definition) is 1. The van der Waals surface area contributed by atoms with Gasteiger partial charge in [0.05, 0.1) is 23.7 Å². The van der Waals surface area contributed by atoms with Gasteiger partial charge in [0.1, 0.15) is 0 Å². The Balaban J connectivity index is 2.75. The molecule has 0 radical (unpaired) electrons. The van der Waals surface area contributed by atoms with Gasteiger partial charge in [-0.2, -0.15) is 0 Å². The highest BCUT2D eigenvalue weighted by Crippen LogP contribution is 2.19. The maximum Gasteiger partial charge on any atom is 0.0957 e. The number of aliphatic hydroxyl groups excluding tert-OH is 1. The molecule has 0 aliphatic heterocycles. The van der Waals surface area contributed by atoms with Gasteiger partial charge in [0.2, 0.25) is 0 Å². The molecule has 1 rings (SSSR count). The van der Waals surface area contributed by atoms with Gasteiger partial charge in [0.25, 0.3) is 0 Å². The monoisotopic (exact) mass is 250 g/mol. The average Bonchev–Trinajstić information content (AvgIpc) is 2.43. The molecule has 2 unspecified atom stereocenters. The van der Waals surface area contributed by atoms with E-state index in [1.54, 1.807) is 0 Å². The molecule has 1 N–H and O–H groups in total. The lowest BCUT2D eigenvalue weighted by Gasteiger charge is -2.26. The van der Waals surface area contributed by atoms with Crippen molar-refractivity contribution in [2.75, 3.05) is 18.0 Å². The summed E-state index contributed by atoms with van der Waals surface area (Å²) >= 11 is 0. The van der Waals surface area contributed by atoms with E-state index in [9.17, 15) is 5.11 Å². The van der Waals surface area contributed by atoms with Gasteiger partial charge in [0.15, 0.2) is 0 Å². The van der Waals surface area contributed by atoms with Gasteiger partial charge in [-0.1, -0.05) is 27.2 Å². The fourth-order valence-electron chi connectivity index (χ4n) is 1.91. The third-order valence-corrected chi connectivity index (χ3v) is 3.47. The maximum atomic E-state index is 9.72. The molecule has 102 valence electrons. The predicted molar refractivity (Wildman–Crippen MR) is 76.8 cm³/mol. The molecule has 1 aromatic rings. The molecule has 0 aliphatic carbocycles. The van der Waals surface area contributed by atoms with Crippen molar-refractivity contribution in [1.29, 1.82) is 0 Å². The first-order valence-electron chi connectivity index (χ1n) is 7.01. The third-order valence-electron chi connectivity index (χ3n) is 3.47. The van der Waals surface area contributed by atoms with Crippen LogP contribution in [-0.4, -0.2) is 23.2 Å². The number of hydrogen-bond acceptors (Lipinski definition) is 3. The van der Waals surface area contributed by atoms with Gasteiger partial charge in [-0.25, -0.2) is 0 Å². The minimum absolute atomic E-state index is 0.441. The zero-order valence-electron chi connectivity index (χ0n) is 12.1. The van der Waals surface area contributed by atoms with Crippen LogP contribution in [0.4, 0.5) is 5.69 Å².